The normalized spacial score (nSPS) is 18.3. The molecule has 2 N–H and O–H groups in total. The van der Waals surface area contributed by atoms with Gasteiger partial charge in [0.1, 0.15) is 0 Å². The Bertz CT molecular complexity index is 868. The molecule has 0 saturated carbocycles. The number of nitrogens with one attached hydrogen (secondary N) is 1. The molecule has 0 bridgehead atoms. The predicted octanol–water partition coefficient (Wildman–Crippen LogP) is 1.57. The van der Waals surface area contributed by atoms with Gasteiger partial charge in [-0.2, -0.15) is 0 Å². The number of carbonyl (C=O) groups excluding carboxylic acids is 1. The molecule has 1 unspecified atom stereocenters. The van der Waals surface area contributed by atoms with E-state index < -0.39 is 0 Å². The van der Waals surface area contributed by atoms with E-state index >= 15 is 0 Å². The lowest BCUT2D eigenvalue weighted by Gasteiger charge is -2.30. The van der Waals surface area contributed by atoms with E-state index in [2.05, 4.69) is 10.1 Å². The zero-order valence-electron chi connectivity index (χ0n) is 15.8. The van der Waals surface area contributed by atoms with Gasteiger partial charge >= 0.3 is 0 Å². The highest BCUT2D eigenvalue weighted by atomic mass is 16.3. The van der Waals surface area contributed by atoms with Crippen LogP contribution in [0.3, 0.4) is 0 Å². The number of aromatic amines is 1. The highest BCUT2D eigenvalue weighted by molar-refractivity contribution is 5.84. The Kier molecular flexibility index (Phi) is 5.46. The molecule has 0 radical (unpaired) electrons. The van der Waals surface area contributed by atoms with Crippen LogP contribution in [-0.4, -0.2) is 49.9 Å². The Labute approximate surface area is 153 Å². The van der Waals surface area contributed by atoms with E-state index in [0.717, 1.165) is 49.0 Å². The monoisotopic (exact) mass is 360 g/mol. The van der Waals surface area contributed by atoms with Crippen LogP contribution in [0.5, 0.6) is 0 Å². The van der Waals surface area contributed by atoms with Crippen molar-refractivity contribution in [3.63, 3.8) is 0 Å². The molecule has 3 rings (SSSR count). The first-order valence-corrected chi connectivity index (χ1v) is 9.39. The van der Waals surface area contributed by atoms with Crippen LogP contribution in [0.15, 0.2) is 4.79 Å². The zero-order chi connectivity index (χ0) is 18.8. The number of H-pyrrole nitrogens is 1. The van der Waals surface area contributed by atoms with E-state index in [1.54, 1.807) is 11.7 Å². The predicted molar refractivity (Wildman–Crippen MR) is 100 cm³/mol. The smallest absolute Gasteiger partial charge is 0.273 e. The van der Waals surface area contributed by atoms with Crippen molar-refractivity contribution in [3.05, 3.63) is 27.2 Å². The first-order chi connectivity index (χ1) is 12.4. The van der Waals surface area contributed by atoms with Gasteiger partial charge in [-0.1, -0.05) is 12.8 Å². The lowest BCUT2D eigenvalue weighted by Crippen LogP contribution is -2.41. The lowest BCUT2D eigenvalue weighted by molar-refractivity contribution is -0.133. The van der Waals surface area contributed by atoms with Gasteiger partial charge < -0.3 is 10.0 Å². The molecule has 7 heteroatoms. The summed E-state index contributed by atoms with van der Waals surface area (Å²) < 4.78 is 1.62. The average Bonchev–Trinajstić information content (AvgIpc) is 2.76. The van der Waals surface area contributed by atoms with Crippen LogP contribution in [0.25, 0.3) is 11.0 Å². The lowest BCUT2D eigenvalue weighted by atomic mass is 10.00. The van der Waals surface area contributed by atoms with Gasteiger partial charge in [0.25, 0.3) is 5.56 Å². The van der Waals surface area contributed by atoms with Gasteiger partial charge in [-0.25, -0.2) is 4.98 Å². The summed E-state index contributed by atoms with van der Waals surface area (Å²) in [7, 11) is 1.76. The third kappa shape index (κ3) is 3.40. The van der Waals surface area contributed by atoms with Gasteiger partial charge in [0, 0.05) is 31.9 Å². The number of likely N-dealkylation sites (tertiary alicyclic amines) is 1. The second-order valence-corrected chi connectivity index (χ2v) is 7.28. The number of hydrogen-bond donors (Lipinski definition) is 2. The highest BCUT2D eigenvalue weighted by Gasteiger charge is 2.26. The molecule has 3 heterocycles. The molecule has 0 aromatic carbocycles. The topological polar surface area (TPSA) is 91.2 Å². The van der Waals surface area contributed by atoms with Gasteiger partial charge in [-0.3, -0.25) is 19.4 Å². The van der Waals surface area contributed by atoms with Crippen molar-refractivity contribution in [2.45, 2.75) is 58.4 Å². The Morgan fingerprint density at radius 3 is 2.81 bits per heavy atom. The molecule has 1 saturated heterocycles. The van der Waals surface area contributed by atoms with Gasteiger partial charge in [0.15, 0.2) is 5.65 Å². The van der Waals surface area contributed by atoms with Gasteiger partial charge in [-0.05, 0) is 44.2 Å². The fourth-order valence-electron chi connectivity index (χ4n) is 4.12. The highest BCUT2D eigenvalue weighted by Crippen LogP contribution is 2.24. The second kappa shape index (κ2) is 7.61. The van der Waals surface area contributed by atoms with Crippen molar-refractivity contribution in [1.82, 2.24) is 19.7 Å². The number of pyridine rings is 1. The molecule has 2 aromatic rings. The van der Waals surface area contributed by atoms with Gasteiger partial charge in [0.05, 0.1) is 11.8 Å². The van der Waals surface area contributed by atoms with Crippen LogP contribution in [-0.2, 0) is 18.3 Å². The molecule has 1 aliphatic rings. The summed E-state index contributed by atoms with van der Waals surface area (Å²) in [6, 6.07) is 0.104. The maximum absolute atomic E-state index is 13.1. The van der Waals surface area contributed by atoms with Crippen molar-refractivity contribution in [3.8, 4) is 0 Å². The fourth-order valence-corrected chi connectivity index (χ4v) is 4.12. The van der Waals surface area contributed by atoms with Crippen molar-refractivity contribution in [2.75, 3.05) is 13.2 Å². The number of fused-ring (bicyclic) bond motifs is 1. The molecule has 0 spiro atoms. The number of aryl methyl sites for hydroxylation is 3. The maximum atomic E-state index is 13.1. The number of hydrogen-bond acceptors (Lipinski definition) is 4. The number of aliphatic hydroxyl groups excluding tert-OH is 1. The van der Waals surface area contributed by atoms with E-state index in [1.807, 2.05) is 18.7 Å². The Hall–Kier alpha value is -2.15. The summed E-state index contributed by atoms with van der Waals surface area (Å²) in [6.07, 6.45) is 5.04. The molecular weight excluding hydrogens is 332 g/mol. The summed E-state index contributed by atoms with van der Waals surface area (Å²) in [5.41, 5.74) is 2.90. The molecule has 7 nitrogen and oxygen atoms in total. The van der Waals surface area contributed by atoms with Gasteiger partial charge in [-0.15, -0.1) is 0 Å². The van der Waals surface area contributed by atoms with Gasteiger partial charge in [0.2, 0.25) is 5.91 Å². The van der Waals surface area contributed by atoms with Crippen LogP contribution in [0.2, 0.25) is 0 Å². The zero-order valence-corrected chi connectivity index (χ0v) is 15.8. The van der Waals surface area contributed by atoms with Crippen molar-refractivity contribution in [1.29, 1.82) is 0 Å². The molecule has 1 aliphatic heterocycles. The number of aromatic nitrogens is 3. The largest absolute Gasteiger partial charge is 0.396 e. The third-order valence-electron chi connectivity index (χ3n) is 5.56. The molecule has 142 valence electrons. The van der Waals surface area contributed by atoms with E-state index in [9.17, 15) is 14.7 Å². The van der Waals surface area contributed by atoms with Crippen LogP contribution in [0.4, 0.5) is 0 Å². The quantitative estimate of drug-likeness (QED) is 0.866. The number of nitrogens with zero attached hydrogens (tertiary/aromatic N) is 3. The number of carbonyl (C=O) groups is 1. The van der Waals surface area contributed by atoms with E-state index in [0.29, 0.717) is 17.5 Å². The summed E-state index contributed by atoms with van der Waals surface area (Å²) >= 11 is 0. The summed E-state index contributed by atoms with van der Waals surface area (Å²) in [4.78, 5) is 31.8. The first-order valence-electron chi connectivity index (χ1n) is 9.39. The molecule has 0 aliphatic carbocycles. The molecule has 2 aromatic heterocycles. The number of amides is 1. The maximum Gasteiger partial charge on any atom is 0.273 e. The van der Waals surface area contributed by atoms with Crippen molar-refractivity contribution >= 4 is 16.9 Å². The SMILES string of the molecule is Cc1nc2c(c(C)c1CC(=O)N1CCCCCC1CCO)c(=O)[nH]n2C. The van der Waals surface area contributed by atoms with E-state index in [1.165, 1.54) is 0 Å². The molecule has 1 atom stereocenters. The van der Waals surface area contributed by atoms with Crippen LogP contribution >= 0.6 is 0 Å². The Morgan fingerprint density at radius 2 is 2.08 bits per heavy atom. The number of aliphatic hydroxyl groups is 1. The molecule has 1 fully saturated rings. The average molecular weight is 360 g/mol. The molecule has 26 heavy (non-hydrogen) atoms. The molecular formula is C19H28N4O3. The van der Waals surface area contributed by atoms with Crippen LogP contribution in [0.1, 0.15) is 48.9 Å². The minimum Gasteiger partial charge on any atom is -0.396 e. The first kappa shape index (κ1) is 18.6. The Balaban J connectivity index is 1.93. The van der Waals surface area contributed by atoms with E-state index in [-0.39, 0.29) is 30.5 Å². The van der Waals surface area contributed by atoms with E-state index in [4.69, 9.17) is 0 Å². The summed E-state index contributed by atoms with van der Waals surface area (Å²) in [5.74, 6) is 0.0602. The minimum absolute atomic E-state index is 0.0602. The van der Waals surface area contributed by atoms with Crippen LogP contribution in [0, 0.1) is 13.8 Å². The fraction of sp³-hybridized carbons (Fsp3) is 0.632. The Morgan fingerprint density at radius 1 is 1.31 bits per heavy atom. The van der Waals surface area contributed by atoms with Crippen LogP contribution < -0.4 is 5.56 Å². The number of rotatable bonds is 4. The minimum atomic E-state index is -0.172. The second-order valence-electron chi connectivity index (χ2n) is 7.28. The third-order valence-corrected chi connectivity index (χ3v) is 5.56. The van der Waals surface area contributed by atoms with Crippen molar-refractivity contribution < 1.29 is 9.90 Å². The van der Waals surface area contributed by atoms with Crippen molar-refractivity contribution in [2.24, 2.45) is 7.05 Å². The molecule has 1 amide bonds. The summed E-state index contributed by atoms with van der Waals surface area (Å²) in [6.45, 7) is 4.62. The summed E-state index contributed by atoms with van der Waals surface area (Å²) in [5, 5.41) is 12.6. The standard InChI is InChI=1S/C19H28N4O3/c1-12-15(13(2)20-18-17(12)19(26)21-22(18)3)11-16(25)23-9-6-4-5-7-14(23)8-10-24/h14,24H,4-11H2,1-3H3,(H,21,26).